The van der Waals surface area contributed by atoms with Gasteiger partial charge >= 0.3 is 11.6 Å². The predicted octanol–water partition coefficient (Wildman–Crippen LogP) is 4.34. The fraction of sp³-hybridized carbons (Fsp3) is 0.308. The number of carbonyl (C=O) groups excluding carboxylic acids is 3. The topological polar surface area (TPSA) is 93.9 Å². The van der Waals surface area contributed by atoms with Crippen molar-refractivity contribution in [2.24, 2.45) is 5.92 Å². The van der Waals surface area contributed by atoms with Crippen molar-refractivity contribution in [3.63, 3.8) is 0 Å². The molecule has 0 radical (unpaired) electrons. The van der Waals surface area contributed by atoms with Crippen molar-refractivity contribution in [3.05, 3.63) is 69.3 Å². The fourth-order valence-electron chi connectivity index (χ4n) is 4.41. The van der Waals surface area contributed by atoms with E-state index in [9.17, 15) is 23.6 Å². The number of fused-ring (bicyclic) bond motifs is 1. The highest BCUT2D eigenvalue weighted by Gasteiger charge is 2.33. The number of aldehydes is 1. The fourth-order valence-corrected chi connectivity index (χ4v) is 4.68. The number of hydrogen-bond donors (Lipinski definition) is 0. The van der Waals surface area contributed by atoms with Gasteiger partial charge in [-0.25, -0.2) is 9.18 Å². The number of ether oxygens (including phenoxy) is 1. The summed E-state index contributed by atoms with van der Waals surface area (Å²) >= 11 is 6.20. The molecule has 1 amide bonds. The van der Waals surface area contributed by atoms with E-state index in [2.05, 4.69) is 0 Å². The van der Waals surface area contributed by atoms with E-state index in [1.807, 2.05) is 0 Å². The van der Waals surface area contributed by atoms with Crippen molar-refractivity contribution in [1.82, 2.24) is 4.90 Å². The third-order valence-electron chi connectivity index (χ3n) is 6.10. The summed E-state index contributed by atoms with van der Waals surface area (Å²) in [6.07, 6.45) is 1.77. The van der Waals surface area contributed by atoms with Crippen molar-refractivity contribution in [1.29, 1.82) is 0 Å². The second-order valence-corrected chi connectivity index (χ2v) is 8.76. The van der Waals surface area contributed by atoms with Crippen molar-refractivity contribution >= 4 is 40.7 Å². The molecule has 4 rings (SSSR count). The molecule has 182 valence electrons. The molecule has 1 unspecified atom stereocenters. The summed E-state index contributed by atoms with van der Waals surface area (Å²) in [7, 11) is 0. The van der Waals surface area contributed by atoms with Gasteiger partial charge in [-0.2, -0.15) is 0 Å². The van der Waals surface area contributed by atoms with Gasteiger partial charge in [0.2, 0.25) is 5.91 Å². The number of esters is 1. The van der Waals surface area contributed by atoms with Crippen molar-refractivity contribution in [3.8, 4) is 11.1 Å². The van der Waals surface area contributed by atoms with E-state index in [1.165, 1.54) is 29.2 Å². The Bertz CT molecular complexity index is 1350. The Morgan fingerprint density at radius 2 is 2.03 bits per heavy atom. The van der Waals surface area contributed by atoms with Gasteiger partial charge in [-0.1, -0.05) is 23.7 Å². The number of rotatable bonds is 6. The Hall–Kier alpha value is -3.52. The zero-order valence-corrected chi connectivity index (χ0v) is 19.7. The van der Waals surface area contributed by atoms with Gasteiger partial charge in [0.15, 0.2) is 0 Å². The molecule has 7 nitrogen and oxygen atoms in total. The predicted molar refractivity (Wildman–Crippen MR) is 128 cm³/mol. The Balaban J connectivity index is 1.67. The molecule has 2 heterocycles. The van der Waals surface area contributed by atoms with E-state index in [1.54, 1.807) is 19.1 Å². The average Bonchev–Trinajstić information content (AvgIpc) is 2.84. The van der Waals surface area contributed by atoms with Crippen LogP contribution >= 0.6 is 11.6 Å². The highest BCUT2D eigenvalue weighted by molar-refractivity contribution is 6.33. The minimum absolute atomic E-state index is 0.128. The molecule has 2 aromatic carbocycles. The summed E-state index contributed by atoms with van der Waals surface area (Å²) in [6, 6.07) is 9.81. The number of halogens is 2. The molecule has 0 N–H and O–H groups in total. The van der Waals surface area contributed by atoms with Gasteiger partial charge in [0.25, 0.3) is 0 Å². The maximum Gasteiger partial charge on any atom is 0.336 e. The summed E-state index contributed by atoms with van der Waals surface area (Å²) in [5.74, 6) is -2.87. The van der Waals surface area contributed by atoms with Crippen LogP contribution in [0.5, 0.6) is 0 Å². The van der Waals surface area contributed by atoms with Crippen LogP contribution in [0.4, 0.5) is 4.39 Å². The van der Waals surface area contributed by atoms with Crippen LogP contribution in [0.1, 0.15) is 31.2 Å². The number of piperidine rings is 1. The van der Waals surface area contributed by atoms with Crippen LogP contribution in [-0.2, 0) is 19.1 Å². The molecule has 9 heteroatoms. The summed E-state index contributed by atoms with van der Waals surface area (Å²) < 4.78 is 23.9. The molecule has 0 saturated carbocycles. The maximum absolute atomic E-state index is 13.5. The lowest BCUT2D eigenvalue weighted by atomic mass is 9.93. The van der Waals surface area contributed by atoms with E-state index in [4.69, 9.17) is 20.8 Å². The third-order valence-corrected chi connectivity index (χ3v) is 6.42. The standard InChI is InChI=1S/C26H23ClFNO6/c1-2-34-26(33)16-4-3-9-29(13-16)25(32)21(14-30)15-5-7-19-20(12-24(31)35-23(19)10-15)18-8-6-17(28)11-22(18)27/h5-8,10-12,14,16,21H,2-4,9,13H2,1H3/t16-,21?/m0/s1. The lowest BCUT2D eigenvalue weighted by Gasteiger charge is -2.33. The van der Waals surface area contributed by atoms with Crippen LogP contribution in [0, 0.1) is 11.7 Å². The lowest BCUT2D eigenvalue weighted by molar-refractivity contribution is -0.151. The summed E-state index contributed by atoms with van der Waals surface area (Å²) in [4.78, 5) is 51.1. The summed E-state index contributed by atoms with van der Waals surface area (Å²) in [5, 5.41) is 0.641. The van der Waals surface area contributed by atoms with E-state index in [0.717, 1.165) is 6.07 Å². The van der Waals surface area contributed by atoms with Crippen LogP contribution in [0.2, 0.25) is 5.02 Å². The molecule has 0 spiro atoms. The van der Waals surface area contributed by atoms with Crippen LogP contribution in [-0.4, -0.2) is 42.8 Å². The first kappa shape index (κ1) is 24.6. The van der Waals surface area contributed by atoms with Gasteiger partial charge in [0.1, 0.15) is 23.6 Å². The smallest absolute Gasteiger partial charge is 0.336 e. The van der Waals surface area contributed by atoms with E-state index in [-0.39, 0.29) is 29.7 Å². The number of likely N-dealkylation sites (tertiary alicyclic amines) is 1. The molecule has 2 atom stereocenters. The van der Waals surface area contributed by atoms with Crippen molar-refractivity contribution in [2.75, 3.05) is 19.7 Å². The largest absolute Gasteiger partial charge is 0.466 e. The van der Waals surface area contributed by atoms with Crippen molar-refractivity contribution in [2.45, 2.75) is 25.7 Å². The number of amides is 1. The van der Waals surface area contributed by atoms with Gasteiger partial charge in [-0.3, -0.25) is 9.59 Å². The van der Waals surface area contributed by atoms with Gasteiger partial charge in [-0.15, -0.1) is 0 Å². The SMILES string of the molecule is CCOC(=O)[C@H]1CCCN(C(=O)C(C=O)c2ccc3c(-c4ccc(F)cc4Cl)cc(=O)oc3c2)C1. The highest BCUT2D eigenvalue weighted by atomic mass is 35.5. The maximum atomic E-state index is 13.5. The third kappa shape index (κ3) is 5.12. The van der Waals surface area contributed by atoms with Crippen LogP contribution in [0.3, 0.4) is 0 Å². The monoisotopic (exact) mass is 499 g/mol. The molecule has 1 aliphatic heterocycles. The molecule has 1 fully saturated rings. The van der Waals surface area contributed by atoms with Crippen LogP contribution in [0.15, 0.2) is 51.7 Å². The molecule has 35 heavy (non-hydrogen) atoms. The van der Waals surface area contributed by atoms with E-state index >= 15 is 0 Å². The number of nitrogens with zero attached hydrogens (tertiary/aromatic N) is 1. The minimum Gasteiger partial charge on any atom is -0.466 e. The number of hydrogen-bond acceptors (Lipinski definition) is 6. The molecule has 3 aromatic rings. The van der Waals surface area contributed by atoms with E-state index < -0.39 is 29.2 Å². The normalized spacial score (nSPS) is 16.7. The van der Waals surface area contributed by atoms with Crippen LogP contribution in [0.25, 0.3) is 22.1 Å². The molecule has 0 bridgehead atoms. The molecule has 1 aromatic heterocycles. The van der Waals surface area contributed by atoms with Crippen LogP contribution < -0.4 is 5.63 Å². The average molecular weight is 500 g/mol. The van der Waals surface area contributed by atoms with Crippen molar-refractivity contribution < 1.29 is 27.9 Å². The van der Waals surface area contributed by atoms with E-state index in [0.29, 0.717) is 47.7 Å². The second kappa shape index (κ2) is 10.4. The zero-order chi connectivity index (χ0) is 25.1. The highest BCUT2D eigenvalue weighted by Crippen LogP contribution is 2.34. The molecule has 1 aliphatic rings. The van der Waals surface area contributed by atoms with Gasteiger partial charge in [0.05, 0.1) is 17.5 Å². The molecular formula is C26H23ClFNO6. The molecular weight excluding hydrogens is 477 g/mol. The van der Waals surface area contributed by atoms with Gasteiger partial charge in [-0.05, 0) is 49.6 Å². The Morgan fingerprint density at radius 1 is 1.23 bits per heavy atom. The first-order chi connectivity index (χ1) is 16.8. The second-order valence-electron chi connectivity index (χ2n) is 8.35. The minimum atomic E-state index is -1.14. The molecule has 1 saturated heterocycles. The Labute approximate surface area is 205 Å². The summed E-state index contributed by atoms with van der Waals surface area (Å²) in [6.45, 7) is 2.58. The number of carbonyl (C=O) groups is 3. The Kier molecular flexibility index (Phi) is 7.31. The van der Waals surface area contributed by atoms with Gasteiger partial charge < -0.3 is 18.8 Å². The Morgan fingerprint density at radius 3 is 2.74 bits per heavy atom. The first-order valence-corrected chi connectivity index (χ1v) is 11.6. The first-order valence-electron chi connectivity index (χ1n) is 11.3. The zero-order valence-electron chi connectivity index (χ0n) is 19.0. The van der Waals surface area contributed by atoms with Gasteiger partial charge in [0, 0.05) is 35.7 Å². The molecule has 0 aliphatic carbocycles. The quantitative estimate of drug-likeness (QED) is 0.217. The number of benzene rings is 2. The summed E-state index contributed by atoms with van der Waals surface area (Å²) in [5.41, 5.74) is 0.733. The lowest BCUT2D eigenvalue weighted by Crippen LogP contribution is -2.45.